The highest BCUT2D eigenvalue weighted by molar-refractivity contribution is 6.78. The molecule has 0 aliphatic heterocycles. The van der Waals surface area contributed by atoms with Gasteiger partial charge in [-0.1, -0.05) is 226 Å². The van der Waals surface area contributed by atoms with E-state index in [2.05, 4.69) is 134 Å². The Labute approximate surface area is 387 Å². The minimum atomic E-state index is -2.25. The van der Waals surface area contributed by atoms with Crippen LogP contribution in [0.25, 0.3) is 22.3 Å². The van der Waals surface area contributed by atoms with Crippen LogP contribution in [0.2, 0.25) is 33.2 Å². The van der Waals surface area contributed by atoms with Gasteiger partial charge in [-0.3, -0.25) is 0 Å². The van der Waals surface area contributed by atoms with Crippen molar-refractivity contribution in [2.24, 2.45) is 0 Å². The highest BCUT2D eigenvalue weighted by atomic mass is 28.4. The van der Waals surface area contributed by atoms with Gasteiger partial charge in [0, 0.05) is 11.1 Å². The monoisotopic (exact) mass is 893 g/mol. The molecule has 2 aromatic rings. The minimum absolute atomic E-state index is 0.442. The van der Waals surface area contributed by atoms with E-state index < -0.39 is 16.6 Å². The molecule has 0 atom stereocenters. The molecule has 356 valence electrons. The van der Waals surface area contributed by atoms with Gasteiger partial charge in [-0.15, -0.1) is 0 Å². The molecular weight excluding hydrogens is 793 g/mol. The highest BCUT2D eigenvalue weighted by Gasteiger charge is 2.48. The van der Waals surface area contributed by atoms with Crippen molar-refractivity contribution >= 4 is 38.9 Å². The summed E-state index contributed by atoms with van der Waals surface area (Å²) in [4.78, 5) is 0. The smallest absolute Gasteiger partial charge is 0.258 e. The maximum absolute atomic E-state index is 7.24. The van der Waals surface area contributed by atoms with Crippen LogP contribution in [0, 0.1) is 0 Å². The lowest BCUT2D eigenvalue weighted by Crippen LogP contribution is -2.47. The lowest BCUT2D eigenvalue weighted by molar-refractivity contribution is 0.297. The number of hydrogen-bond donors (Lipinski definition) is 0. The third-order valence-electron chi connectivity index (χ3n) is 14.1. The van der Waals surface area contributed by atoms with Gasteiger partial charge in [-0.25, -0.2) is 0 Å². The van der Waals surface area contributed by atoms with Gasteiger partial charge >= 0.3 is 0 Å². The summed E-state index contributed by atoms with van der Waals surface area (Å²) in [5, 5.41) is 2.08. The van der Waals surface area contributed by atoms with E-state index >= 15 is 0 Å². The molecule has 0 N–H and O–H groups in total. The first-order valence-corrected chi connectivity index (χ1v) is 30.4. The zero-order valence-corrected chi connectivity index (χ0v) is 45.4. The van der Waals surface area contributed by atoms with Gasteiger partial charge in [0.05, 0.1) is 18.6 Å². The molecule has 62 heavy (non-hydrogen) atoms. The second-order valence-electron chi connectivity index (χ2n) is 20.8. The summed E-state index contributed by atoms with van der Waals surface area (Å²) >= 11 is 0. The van der Waals surface area contributed by atoms with Crippen LogP contribution in [-0.4, -0.2) is 29.8 Å². The first kappa shape index (κ1) is 55.9. The van der Waals surface area contributed by atoms with E-state index in [1.54, 1.807) is 0 Å². The van der Waals surface area contributed by atoms with Gasteiger partial charge < -0.3 is 18.3 Å². The summed E-state index contributed by atoms with van der Waals surface area (Å²) in [6.45, 7) is 43.3. The Morgan fingerprint density at radius 2 is 0.661 bits per heavy atom. The fraction of sp³-hybridized carbons (Fsp3) is 0.750. The standard InChI is InChI=1S/C56H100O4Si2/c1-17-19-21-23-25-27-29-31-33-35-37-57-54-41-51(49(15)59-61(43(3)4,44(5)6)45(7)8)39-53-40-52(50(16)60-62(46(9)10,47(11)12)48(13)14)42-55(56(53)54)58-38-36-34-32-30-28-26-24-22-20-18-2/h39-48H,15-38H2,1-14H3. The van der Waals surface area contributed by atoms with Crippen LogP contribution >= 0.6 is 0 Å². The fourth-order valence-corrected chi connectivity index (χ4v) is 21.3. The van der Waals surface area contributed by atoms with E-state index in [9.17, 15) is 0 Å². The summed E-state index contributed by atoms with van der Waals surface area (Å²) in [6.07, 6.45) is 25.9. The van der Waals surface area contributed by atoms with Crippen molar-refractivity contribution in [1.29, 1.82) is 0 Å². The molecule has 0 radical (unpaired) electrons. The van der Waals surface area contributed by atoms with Gasteiger partial charge in [0.1, 0.15) is 23.0 Å². The third-order valence-corrected chi connectivity index (χ3v) is 26.2. The summed E-state index contributed by atoms with van der Waals surface area (Å²) in [5.41, 5.74) is 4.61. The Morgan fingerprint density at radius 1 is 0.403 bits per heavy atom. The number of ether oxygens (including phenoxy) is 2. The van der Waals surface area contributed by atoms with E-state index in [1.807, 2.05) is 0 Å². The number of unbranched alkanes of at least 4 members (excludes halogenated alkanes) is 18. The number of rotatable bonds is 36. The van der Waals surface area contributed by atoms with Gasteiger partial charge in [0.15, 0.2) is 0 Å². The molecule has 2 aromatic carbocycles. The summed E-state index contributed by atoms with van der Waals surface area (Å²) in [5.74, 6) is 3.21. The average Bonchev–Trinajstić information content (AvgIpc) is 3.21. The van der Waals surface area contributed by atoms with Crippen LogP contribution in [0.5, 0.6) is 11.5 Å². The van der Waals surface area contributed by atoms with Crippen molar-refractivity contribution in [1.82, 2.24) is 0 Å². The summed E-state index contributed by atoms with van der Waals surface area (Å²) in [6, 6.07) is 8.89. The fourth-order valence-electron chi connectivity index (χ4n) is 10.8. The molecule has 0 saturated carbocycles. The van der Waals surface area contributed by atoms with Crippen LogP contribution in [0.1, 0.15) is 236 Å². The van der Waals surface area contributed by atoms with Gasteiger partial charge in [0.2, 0.25) is 0 Å². The topological polar surface area (TPSA) is 36.9 Å². The second-order valence-corrected chi connectivity index (χ2v) is 31.5. The molecule has 0 aromatic heterocycles. The molecule has 0 spiro atoms. The van der Waals surface area contributed by atoms with E-state index in [0.717, 1.165) is 57.8 Å². The van der Waals surface area contributed by atoms with Crippen LogP contribution in [0.15, 0.2) is 37.4 Å². The first-order valence-electron chi connectivity index (χ1n) is 26.1. The lowest BCUT2D eigenvalue weighted by atomic mass is 10.0. The number of fused-ring (bicyclic) bond motifs is 1. The van der Waals surface area contributed by atoms with Gasteiger partial charge in [0.25, 0.3) is 16.6 Å². The predicted octanol–water partition coefficient (Wildman–Crippen LogP) is 19.8. The third kappa shape index (κ3) is 16.7. The van der Waals surface area contributed by atoms with Crippen molar-refractivity contribution in [2.75, 3.05) is 13.2 Å². The van der Waals surface area contributed by atoms with Crippen LogP contribution < -0.4 is 9.47 Å². The molecule has 4 nitrogen and oxygen atoms in total. The highest BCUT2D eigenvalue weighted by Crippen LogP contribution is 2.48. The molecule has 0 fully saturated rings. The van der Waals surface area contributed by atoms with E-state index in [4.69, 9.17) is 18.3 Å². The zero-order valence-electron chi connectivity index (χ0n) is 43.4. The first-order chi connectivity index (χ1) is 29.5. The predicted molar refractivity (Wildman–Crippen MR) is 281 cm³/mol. The van der Waals surface area contributed by atoms with Crippen molar-refractivity contribution < 1.29 is 18.3 Å². The quantitative estimate of drug-likeness (QED) is 0.0388. The van der Waals surface area contributed by atoms with Crippen LogP contribution in [-0.2, 0) is 8.85 Å². The molecule has 0 aliphatic carbocycles. The molecule has 0 bridgehead atoms. The maximum atomic E-state index is 7.24. The normalized spacial score (nSPS) is 12.5. The largest absolute Gasteiger partial charge is 0.543 e. The van der Waals surface area contributed by atoms with Crippen molar-refractivity contribution in [3.05, 3.63) is 48.6 Å². The molecule has 0 amide bonds. The van der Waals surface area contributed by atoms with Crippen molar-refractivity contribution in [3.63, 3.8) is 0 Å². The van der Waals surface area contributed by atoms with Gasteiger partial charge in [-0.05, 0) is 75.7 Å². The van der Waals surface area contributed by atoms with Crippen molar-refractivity contribution in [2.45, 2.75) is 259 Å². The van der Waals surface area contributed by atoms with Crippen LogP contribution in [0.3, 0.4) is 0 Å². The minimum Gasteiger partial charge on any atom is -0.543 e. The zero-order chi connectivity index (χ0) is 46.3. The molecule has 0 aliphatic rings. The Morgan fingerprint density at radius 3 is 0.919 bits per heavy atom. The molecule has 6 heteroatoms. The lowest BCUT2D eigenvalue weighted by Gasteiger charge is -2.43. The Bertz CT molecular complexity index is 1400. The SMILES string of the molecule is C=C(O[Si](C(C)C)(C(C)C)C(C)C)c1cc(OCCCCCCCCCCCC)c2c(OCCCCCCCCCCCC)cc(C(=C)O[Si](C(C)C)(C(C)C)C(C)C)cc2c1. The maximum Gasteiger partial charge on any atom is 0.258 e. The molecule has 2 rings (SSSR count). The van der Waals surface area contributed by atoms with E-state index in [0.29, 0.717) is 46.5 Å². The summed E-state index contributed by atoms with van der Waals surface area (Å²) in [7, 11) is -4.50. The Balaban J connectivity index is 2.58. The average molecular weight is 894 g/mol. The Kier molecular flexibility index (Phi) is 26.5. The Hall–Kier alpha value is -2.19. The molecule has 0 unspecified atom stereocenters. The van der Waals surface area contributed by atoms with Crippen molar-refractivity contribution in [3.8, 4) is 11.5 Å². The van der Waals surface area contributed by atoms with Crippen LogP contribution in [0.4, 0.5) is 0 Å². The second kappa shape index (κ2) is 29.4. The molecule has 0 saturated heterocycles. The van der Waals surface area contributed by atoms with Gasteiger partial charge in [-0.2, -0.15) is 0 Å². The van der Waals surface area contributed by atoms with E-state index in [-0.39, 0.29) is 0 Å². The number of hydrogen-bond acceptors (Lipinski definition) is 4. The number of benzene rings is 2. The molecule has 0 heterocycles. The molecular formula is C56H100O4Si2. The van der Waals surface area contributed by atoms with E-state index in [1.165, 1.54) is 116 Å². The summed E-state index contributed by atoms with van der Waals surface area (Å²) < 4.78 is 28.2.